The van der Waals surface area contributed by atoms with Gasteiger partial charge in [0.2, 0.25) is 5.91 Å². The zero-order valence-electron chi connectivity index (χ0n) is 29.0. The number of nitrogens with zero attached hydrogens (tertiary/aromatic N) is 9. The summed E-state index contributed by atoms with van der Waals surface area (Å²) in [5.41, 5.74) is 2.08. The zero-order chi connectivity index (χ0) is 37.2. The normalized spacial score (nSPS) is 22.2. The first-order valence-corrected chi connectivity index (χ1v) is 17.5. The average molecular weight is 741 g/mol. The Bertz CT molecular complexity index is 2100. The average Bonchev–Trinajstić information content (AvgIpc) is 3.56. The first kappa shape index (κ1) is 35.1. The summed E-state index contributed by atoms with van der Waals surface area (Å²) < 4.78 is 85.0. The molecule has 0 bridgehead atoms. The van der Waals surface area contributed by atoms with Crippen molar-refractivity contribution in [1.29, 1.82) is 0 Å². The van der Waals surface area contributed by atoms with Crippen LogP contribution in [0.15, 0.2) is 22.9 Å². The summed E-state index contributed by atoms with van der Waals surface area (Å²) in [6.45, 7) is 3.52. The topological polar surface area (TPSA) is 153 Å². The molecule has 7 heterocycles. The third kappa shape index (κ3) is 6.72. The van der Waals surface area contributed by atoms with Crippen molar-refractivity contribution in [2.75, 3.05) is 57.0 Å². The molecule has 18 heteroatoms. The van der Waals surface area contributed by atoms with Gasteiger partial charge in [0.05, 0.1) is 16.5 Å². The van der Waals surface area contributed by atoms with Gasteiger partial charge in [-0.15, -0.1) is 0 Å². The van der Waals surface area contributed by atoms with Crippen LogP contribution in [-0.4, -0.2) is 104 Å². The molecule has 8 rings (SSSR count). The van der Waals surface area contributed by atoms with Crippen LogP contribution in [-0.2, 0) is 11.0 Å². The number of fused-ring (bicyclic) bond motifs is 2. The molecule has 4 fully saturated rings. The molecule has 4 aromatic rings. The number of carbonyl (C=O) groups excluding carboxylic acids is 1. The molecule has 1 aliphatic carbocycles. The molecule has 280 valence electrons. The Labute approximate surface area is 300 Å². The molecule has 0 radical (unpaired) electrons. The number of ether oxygens (including phenoxy) is 1. The Kier molecular flexibility index (Phi) is 8.69. The Balaban J connectivity index is 1.07. The number of pyridine rings is 2. The van der Waals surface area contributed by atoms with E-state index in [0.717, 1.165) is 31.9 Å². The van der Waals surface area contributed by atoms with Crippen LogP contribution in [0.25, 0.3) is 28.4 Å². The van der Waals surface area contributed by atoms with Gasteiger partial charge in [-0.1, -0.05) is 5.16 Å². The number of amides is 1. The molecule has 13 nitrogen and oxygen atoms in total. The smallest absolute Gasteiger partial charge is 0.418 e. The first-order chi connectivity index (χ1) is 25.3. The highest BCUT2D eigenvalue weighted by atomic mass is 19.4. The molecule has 0 spiro atoms. The van der Waals surface area contributed by atoms with Crippen molar-refractivity contribution in [2.45, 2.75) is 62.8 Å². The van der Waals surface area contributed by atoms with Gasteiger partial charge in [0.25, 0.3) is 5.89 Å². The lowest BCUT2D eigenvalue weighted by Crippen LogP contribution is -2.53. The number of hydrogen-bond donors (Lipinski definition) is 1. The number of alkyl halides is 4. The van der Waals surface area contributed by atoms with E-state index in [2.05, 4.69) is 30.1 Å². The van der Waals surface area contributed by atoms with Gasteiger partial charge in [0.15, 0.2) is 11.6 Å². The predicted molar refractivity (Wildman–Crippen MR) is 182 cm³/mol. The highest BCUT2D eigenvalue weighted by molar-refractivity contribution is 5.93. The lowest BCUT2D eigenvalue weighted by molar-refractivity contribution is -0.137. The van der Waals surface area contributed by atoms with Gasteiger partial charge in [-0.2, -0.15) is 28.1 Å². The molecule has 1 amide bonds. The van der Waals surface area contributed by atoms with E-state index in [4.69, 9.17) is 15.0 Å². The van der Waals surface area contributed by atoms with Gasteiger partial charge in [-0.3, -0.25) is 14.7 Å². The first-order valence-electron chi connectivity index (χ1n) is 17.5. The van der Waals surface area contributed by atoms with Crippen molar-refractivity contribution in [3.8, 4) is 17.4 Å². The van der Waals surface area contributed by atoms with E-state index in [1.165, 1.54) is 25.3 Å². The second-order valence-corrected chi connectivity index (χ2v) is 14.6. The van der Waals surface area contributed by atoms with Crippen LogP contribution in [0, 0.1) is 18.7 Å². The number of anilines is 2. The summed E-state index contributed by atoms with van der Waals surface area (Å²) >= 11 is 0. The van der Waals surface area contributed by atoms with Crippen molar-refractivity contribution in [1.82, 2.24) is 39.9 Å². The van der Waals surface area contributed by atoms with Gasteiger partial charge >= 0.3 is 12.2 Å². The van der Waals surface area contributed by atoms with Crippen LogP contribution in [0.1, 0.15) is 60.9 Å². The molecular weight excluding hydrogens is 703 g/mol. The SMILES string of the molecule is Cc1cc(N)nc(-c2ncc3c(N(C)CC4CN(C(=O)/C=C/c5nc(C6CC6)no5)C4)nc(OC[C@@]45CCCN4C[C@H](F)C5)nc3c2F)c1C(F)(F)F. The molecule has 0 aromatic carbocycles. The summed E-state index contributed by atoms with van der Waals surface area (Å²) in [4.78, 5) is 39.5. The number of rotatable bonds is 10. The van der Waals surface area contributed by atoms with Gasteiger partial charge in [0.1, 0.15) is 41.3 Å². The molecule has 2 atom stereocenters. The molecule has 53 heavy (non-hydrogen) atoms. The second-order valence-electron chi connectivity index (χ2n) is 14.6. The van der Waals surface area contributed by atoms with Crippen molar-refractivity contribution < 1.29 is 36.0 Å². The fourth-order valence-corrected chi connectivity index (χ4v) is 7.83. The number of carbonyl (C=O) groups is 1. The number of hydrogen-bond acceptors (Lipinski definition) is 12. The van der Waals surface area contributed by atoms with Crippen molar-refractivity contribution in [2.24, 2.45) is 5.92 Å². The maximum absolute atomic E-state index is 16.5. The number of halogens is 5. The Morgan fingerprint density at radius 3 is 2.72 bits per heavy atom. The van der Waals surface area contributed by atoms with Gasteiger partial charge in [-0.25, -0.2) is 13.8 Å². The van der Waals surface area contributed by atoms with E-state index >= 15 is 4.39 Å². The molecule has 3 saturated heterocycles. The maximum atomic E-state index is 16.5. The Morgan fingerprint density at radius 1 is 1.17 bits per heavy atom. The van der Waals surface area contributed by atoms with Crippen LogP contribution < -0.4 is 15.4 Å². The fourth-order valence-electron chi connectivity index (χ4n) is 7.83. The fraction of sp³-hybridized carbons (Fsp3) is 0.514. The second kappa shape index (κ2) is 13.1. The molecule has 0 unspecified atom stereocenters. The molecule has 1 saturated carbocycles. The third-order valence-corrected chi connectivity index (χ3v) is 10.5. The quantitative estimate of drug-likeness (QED) is 0.173. The van der Waals surface area contributed by atoms with E-state index in [1.807, 2.05) is 4.90 Å². The van der Waals surface area contributed by atoms with Crippen molar-refractivity contribution >= 4 is 34.5 Å². The lowest BCUT2D eigenvalue weighted by atomic mass is 9.95. The molecular formula is C35H37F5N10O3. The van der Waals surface area contributed by atoms with Crippen LogP contribution in [0.3, 0.4) is 0 Å². The van der Waals surface area contributed by atoms with E-state index in [-0.39, 0.29) is 64.9 Å². The highest BCUT2D eigenvalue weighted by Gasteiger charge is 2.49. The number of likely N-dealkylation sites (tertiary alicyclic amines) is 1. The van der Waals surface area contributed by atoms with Gasteiger partial charge in [0, 0.05) is 69.8 Å². The standard InChI is InChI=1S/C35H37F5N10O3/c1-18-10-23(41)43-29(26(18)35(38,39)40)30-27(37)28-22(12-42-30)32(46-33(45-28)52-17-34-8-3-9-50(34)16-21(36)11-34)48(2)13-19-14-49(15-19)25(51)7-6-24-44-31(47-53-24)20-4-5-20/h6-7,10,12,19-21H,3-5,8-9,11,13-17H2,1-2H3,(H2,41,43)/b7-6+/t21-,34+/m1/s1. The highest BCUT2D eigenvalue weighted by Crippen LogP contribution is 2.43. The summed E-state index contributed by atoms with van der Waals surface area (Å²) in [6.07, 6.45) is 2.11. The molecule has 4 aromatic heterocycles. The van der Waals surface area contributed by atoms with E-state index < -0.39 is 40.7 Å². The summed E-state index contributed by atoms with van der Waals surface area (Å²) in [7, 11) is 1.72. The van der Waals surface area contributed by atoms with E-state index in [9.17, 15) is 22.4 Å². The van der Waals surface area contributed by atoms with Crippen LogP contribution in [0.2, 0.25) is 0 Å². The third-order valence-electron chi connectivity index (χ3n) is 10.5. The van der Waals surface area contributed by atoms with Crippen LogP contribution in [0.4, 0.5) is 33.6 Å². The monoisotopic (exact) mass is 740 g/mol. The predicted octanol–water partition coefficient (Wildman–Crippen LogP) is 4.96. The minimum Gasteiger partial charge on any atom is -0.461 e. The Hall–Kier alpha value is -5.00. The van der Waals surface area contributed by atoms with Gasteiger partial charge in [-0.05, 0) is 50.8 Å². The summed E-state index contributed by atoms with van der Waals surface area (Å²) in [6, 6.07) is 0.848. The molecule has 2 N–H and O–H groups in total. The largest absolute Gasteiger partial charge is 0.461 e. The summed E-state index contributed by atoms with van der Waals surface area (Å²) in [5.74, 6) is -0.136. The number of nitrogens with two attached hydrogens (primary N) is 1. The van der Waals surface area contributed by atoms with Crippen molar-refractivity contribution in [3.05, 3.63) is 47.0 Å². The molecule has 3 aliphatic heterocycles. The number of nitrogen functional groups attached to an aromatic ring is 1. The van der Waals surface area contributed by atoms with E-state index in [1.54, 1.807) is 16.8 Å². The molecule has 4 aliphatic rings. The van der Waals surface area contributed by atoms with E-state index in [0.29, 0.717) is 44.3 Å². The zero-order valence-corrected chi connectivity index (χ0v) is 29.0. The number of aryl methyl sites for hydroxylation is 1. The minimum atomic E-state index is -4.88. The maximum Gasteiger partial charge on any atom is 0.418 e. The van der Waals surface area contributed by atoms with Gasteiger partial charge < -0.3 is 24.8 Å². The summed E-state index contributed by atoms with van der Waals surface area (Å²) in [5, 5.41) is 4.07. The number of aromatic nitrogens is 6. The van der Waals surface area contributed by atoms with Crippen LogP contribution in [0.5, 0.6) is 6.01 Å². The van der Waals surface area contributed by atoms with Crippen LogP contribution >= 0.6 is 0 Å². The van der Waals surface area contributed by atoms with Crippen molar-refractivity contribution in [3.63, 3.8) is 0 Å². The Morgan fingerprint density at radius 2 is 1.96 bits per heavy atom. The minimum absolute atomic E-state index is 0.00779. The lowest BCUT2D eigenvalue weighted by Gasteiger charge is -2.40.